The summed E-state index contributed by atoms with van der Waals surface area (Å²) in [5.74, 6) is -0.342. The van der Waals surface area contributed by atoms with Gasteiger partial charge in [-0.05, 0) is 31.6 Å². The van der Waals surface area contributed by atoms with Crippen LogP contribution in [0.25, 0.3) is 0 Å². The number of hydrogen-bond donors (Lipinski definition) is 1. The van der Waals surface area contributed by atoms with Crippen LogP contribution in [0.15, 0.2) is 0 Å². The number of ether oxygens (including phenoxy) is 1. The van der Waals surface area contributed by atoms with E-state index in [1.165, 1.54) is 12.8 Å². The number of carbonyl (C=O) groups excluding carboxylic acids is 1. The summed E-state index contributed by atoms with van der Waals surface area (Å²) in [5, 5.41) is 8.93. The van der Waals surface area contributed by atoms with Crippen LogP contribution in [0.1, 0.15) is 45.4 Å². The maximum absolute atomic E-state index is 12.1. The van der Waals surface area contributed by atoms with Gasteiger partial charge in [0.2, 0.25) is 5.91 Å². The van der Waals surface area contributed by atoms with Gasteiger partial charge >= 0.3 is 5.97 Å². The van der Waals surface area contributed by atoms with Gasteiger partial charge in [-0.25, -0.2) is 0 Å². The SMILES string of the molecule is C[C@@H]1CCC[C@@H](OCC(=O)N2CCC(C(=O)O)CC2)C1. The number of aliphatic carboxylic acids is 1. The summed E-state index contributed by atoms with van der Waals surface area (Å²) in [7, 11) is 0. The smallest absolute Gasteiger partial charge is 0.306 e. The van der Waals surface area contributed by atoms with Gasteiger partial charge in [0.25, 0.3) is 0 Å². The van der Waals surface area contributed by atoms with Crippen LogP contribution in [0.2, 0.25) is 0 Å². The molecule has 1 amide bonds. The molecule has 20 heavy (non-hydrogen) atoms. The average molecular weight is 283 g/mol. The van der Waals surface area contributed by atoms with Crippen LogP contribution in [0.4, 0.5) is 0 Å². The number of hydrogen-bond acceptors (Lipinski definition) is 3. The number of carbonyl (C=O) groups is 2. The Balaban J connectivity index is 1.69. The van der Waals surface area contributed by atoms with E-state index in [-0.39, 0.29) is 24.5 Å². The fraction of sp³-hybridized carbons (Fsp3) is 0.867. The third-order valence-electron chi connectivity index (χ3n) is 4.53. The molecule has 1 aliphatic carbocycles. The van der Waals surface area contributed by atoms with E-state index in [9.17, 15) is 9.59 Å². The van der Waals surface area contributed by atoms with Gasteiger partial charge in [-0.3, -0.25) is 9.59 Å². The van der Waals surface area contributed by atoms with Crippen LogP contribution in [-0.4, -0.2) is 47.7 Å². The molecule has 0 aromatic rings. The van der Waals surface area contributed by atoms with Gasteiger partial charge in [-0.1, -0.05) is 19.8 Å². The van der Waals surface area contributed by atoms with Crippen LogP contribution in [0.3, 0.4) is 0 Å². The second kappa shape index (κ2) is 7.07. The minimum atomic E-state index is -0.746. The number of amides is 1. The second-order valence-electron chi connectivity index (χ2n) is 6.20. The summed E-state index contributed by atoms with van der Waals surface area (Å²) < 4.78 is 5.74. The maximum atomic E-state index is 12.1. The number of likely N-dealkylation sites (tertiary alicyclic amines) is 1. The Morgan fingerprint density at radius 1 is 1.20 bits per heavy atom. The lowest BCUT2D eigenvalue weighted by Crippen LogP contribution is -2.42. The van der Waals surface area contributed by atoms with E-state index >= 15 is 0 Å². The van der Waals surface area contributed by atoms with Crippen LogP contribution < -0.4 is 0 Å². The summed E-state index contributed by atoms with van der Waals surface area (Å²) in [6.45, 7) is 3.46. The van der Waals surface area contributed by atoms with Gasteiger partial charge in [-0.15, -0.1) is 0 Å². The molecule has 5 nitrogen and oxygen atoms in total. The van der Waals surface area contributed by atoms with Crippen LogP contribution in [-0.2, 0) is 14.3 Å². The lowest BCUT2D eigenvalue weighted by molar-refractivity contribution is -0.147. The van der Waals surface area contributed by atoms with E-state index in [4.69, 9.17) is 9.84 Å². The molecule has 0 bridgehead atoms. The summed E-state index contributed by atoms with van der Waals surface area (Å²) in [5.41, 5.74) is 0. The molecule has 1 aliphatic heterocycles. The zero-order valence-corrected chi connectivity index (χ0v) is 12.2. The number of carboxylic acids is 1. The average Bonchev–Trinajstić information content (AvgIpc) is 2.45. The molecule has 1 N–H and O–H groups in total. The first kappa shape index (κ1) is 15.3. The molecule has 114 valence electrons. The van der Waals surface area contributed by atoms with Crippen LogP contribution in [0, 0.1) is 11.8 Å². The molecular formula is C15H25NO4. The van der Waals surface area contributed by atoms with Gasteiger partial charge in [0, 0.05) is 13.1 Å². The number of carboxylic acid groups (broad SMARTS) is 1. The summed E-state index contributed by atoms with van der Waals surface area (Å²) in [6, 6.07) is 0. The van der Waals surface area contributed by atoms with E-state index in [2.05, 4.69) is 6.92 Å². The number of rotatable bonds is 4. The van der Waals surface area contributed by atoms with Crippen molar-refractivity contribution >= 4 is 11.9 Å². The molecule has 1 saturated heterocycles. The van der Waals surface area contributed by atoms with Crippen LogP contribution in [0.5, 0.6) is 0 Å². The van der Waals surface area contributed by atoms with Crippen molar-refractivity contribution in [1.29, 1.82) is 0 Å². The minimum Gasteiger partial charge on any atom is -0.481 e. The van der Waals surface area contributed by atoms with Crippen molar-refractivity contribution in [2.45, 2.75) is 51.6 Å². The molecule has 2 rings (SSSR count). The Morgan fingerprint density at radius 3 is 2.50 bits per heavy atom. The van der Waals surface area contributed by atoms with Crippen LogP contribution >= 0.6 is 0 Å². The standard InChI is InChI=1S/C15H25NO4/c1-11-3-2-4-13(9-11)20-10-14(17)16-7-5-12(6-8-16)15(18)19/h11-13H,2-10H2,1H3,(H,18,19)/t11-,13-/m1/s1. The Labute approximate surface area is 120 Å². The molecular weight excluding hydrogens is 258 g/mol. The minimum absolute atomic E-state index is 0.00654. The molecule has 0 unspecified atom stereocenters. The lowest BCUT2D eigenvalue weighted by Gasteiger charge is -2.31. The highest BCUT2D eigenvalue weighted by Gasteiger charge is 2.27. The number of nitrogens with zero attached hydrogens (tertiary/aromatic N) is 1. The molecule has 1 saturated carbocycles. The quantitative estimate of drug-likeness (QED) is 0.855. The van der Waals surface area contributed by atoms with Crippen molar-refractivity contribution in [2.75, 3.05) is 19.7 Å². The largest absolute Gasteiger partial charge is 0.481 e. The Morgan fingerprint density at radius 2 is 1.90 bits per heavy atom. The maximum Gasteiger partial charge on any atom is 0.306 e. The first-order valence-corrected chi connectivity index (χ1v) is 7.68. The predicted molar refractivity (Wildman–Crippen MR) is 74.3 cm³/mol. The highest BCUT2D eigenvalue weighted by molar-refractivity contribution is 5.78. The molecule has 0 spiro atoms. The summed E-state index contributed by atoms with van der Waals surface area (Å²) in [6.07, 6.45) is 5.88. The highest BCUT2D eigenvalue weighted by Crippen LogP contribution is 2.25. The van der Waals surface area contributed by atoms with Crippen molar-refractivity contribution < 1.29 is 19.4 Å². The highest BCUT2D eigenvalue weighted by atomic mass is 16.5. The Bertz CT molecular complexity index is 350. The van der Waals surface area contributed by atoms with E-state index in [0.29, 0.717) is 31.8 Å². The van der Waals surface area contributed by atoms with Gasteiger partial charge in [0.1, 0.15) is 6.61 Å². The molecule has 2 atom stereocenters. The third-order valence-corrected chi connectivity index (χ3v) is 4.53. The first-order chi connectivity index (χ1) is 9.56. The first-order valence-electron chi connectivity index (χ1n) is 7.68. The molecule has 2 fully saturated rings. The molecule has 0 aromatic carbocycles. The molecule has 1 heterocycles. The zero-order chi connectivity index (χ0) is 14.5. The summed E-state index contributed by atoms with van der Waals surface area (Å²) in [4.78, 5) is 24.7. The Kier molecular flexibility index (Phi) is 5.40. The van der Waals surface area contributed by atoms with Crippen molar-refractivity contribution in [1.82, 2.24) is 4.90 Å². The fourth-order valence-corrected chi connectivity index (χ4v) is 3.19. The zero-order valence-electron chi connectivity index (χ0n) is 12.2. The van der Waals surface area contributed by atoms with Crippen molar-refractivity contribution in [2.24, 2.45) is 11.8 Å². The monoisotopic (exact) mass is 283 g/mol. The van der Waals surface area contributed by atoms with E-state index in [1.54, 1.807) is 4.90 Å². The van der Waals surface area contributed by atoms with Gasteiger partial charge in [-0.2, -0.15) is 0 Å². The van der Waals surface area contributed by atoms with E-state index < -0.39 is 5.97 Å². The molecule has 0 aromatic heterocycles. The van der Waals surface area contributed by atoms with Gasteiger partial charge < -0.3 is 14.7 Å². The topological polar surface area (TPSA) is 66.8 Å². The van der Waals surface area contributed by atoms with E-state index in [0.717, 1.165) is 12.8 Å². The van der Waals surface area contributed by atoms with Crippen molar-refractivity contribution in [3.05, 3.63) is 0 Å². The number of piperidine rings is 1. The fourth-order valence-electron chi connectivity index (χ4n) is 3.19. The van der Waals surface area contributed by atoms with Gasteiger partial charge in [0.15, 0.2) is 0 Å². The van der Waals surface area contributed by atoms with Gasteiger partial charge in [0.05, 0.1) is 12.0 Å². The third kappa shape index (κ3) is 4.20. The molecule has 2 aliphatic rings. The second-order valence-corrected chi connectivity index (χ2v) is 6.20. The molecule has 5 heteroatoms. The molecule has 0 radical (unpaired) electrons. The van der Waals surface area contributed by atoms with Crippen molar-refractivity contribution in [3.8, 4) is 0 Å². The summed E-state index contributed by atoms with van der Waals surface area (Å²) >= 11 is 0. The van der Waals surface area contributed by atoms with Crippen molar-refractivity contribution in [3.63, 3.8) is 0 Å². The van der Waals surface area contributed by atoms with E-state index in [1.807, 2.05) is 0 Å². The lowest BCUT2D eigenvalue weighted by atomic mass is 9.89. The predicted octanol–water partition coefficient (Wildman–Crippen LogP) is 1.90. The normalized spacial score (nSPS) is 28.4. The Hall–Kier alpha value is -1.10.